The molecule has 0 radical (unpaired) electrons. The minimum Gasteiger partial charge on any atom is -0.436 e. The van der Waals surface area contributed by atoms with Gasteiger partial charge in [0, 0.05) is 29.4 Å². The Morgan fingerprint density at radius 2 is 1.43 bits per heavy atom. The highest BCUT2D eigenvalue weighted by Crippen LogP contribution is 2.28. The minimum absolute atomic E-state index is 0.151. The summed E-state index contributed by atoms with van der Waals surface area (Å²) >= 11 is 0. The number of hydrogen-bond donors (Lipinski definition) is 2. The molecule has 2 amide bonds. The summed E-state index contributed by atoms with van der Waals surface area (Å²) < 4.78 is 5.92. The Bertz CT molecular complexity index is 1180. The summed E-state index contributed by atoms with van der Waals surface area (Å²) in [6.45, 7) is 1.44. The van der Waals surface area contributed by atoms with Crippen LogP contribution in [0.15, 0.2) is 89.5 Å². The zero-order valence-electron chi connectivity index (χ0n) is 16.3. The Morgan fingerprint density at radius 1 is 0.800 bits per heavy atom. The summed E-state index contributed by atoms with van der Waals surface area (Å²) in [5.74, 6) is 0.578. The van der Waals surface area contributed by atoms with Crippen molar-refractivity contribution in [3.8, 4) is 22.8 Å². The predicted molar refractivity (Wildman–Crippen MR) is 116 cm³/mol. The number of oxazole rings is 1. The molecule has 0 spiro atoms. The van der Waals surface area contributed by atoms with Crippen molar-refractivity contribution in [2.24, 2.45) is 0 Å². The van der Waals surface area contributed by atoms with Crippen LogP contribution in [0.2, 0.25) is 0 Å². The molecule has 0 bridgehead atoms. The van der Waals surface area contributed by atoms with Crippen LogP contribution in [-0.4, -0.2) is 16.8 Å². The van der Waals surface area contributed by atoms with E-state index in [1.807, 2.05) is 36.4 Å². The maximum absolute atomic E-state index is 12.9. The van der Waals surface area contributed by atoms with Crippen molar-refractivity contribution in [1.82, 2.24) is 4.98 Å². The molecule has 0 aliphatic carbocycles. The molecule has 4 rings (SSSR count). The molecule has 0 saturated carbocycles. The molecule has 6 nitrogen and oxygen atoms in total. The Balaban J connectivity index is 1.57. The van der Waals surface area contributed by atoms with Crippen molar-refractivity contribution in [3.63, 3.8) is 0 Å². The number of amides is 2. The third-order valence-corrected chi connectivity index (χ3v) is 4.43. The minimum atomic E-state index is -0.280. The van der Waals surface area contributed by atoms with E-state index in [-0.39, 0.29) is 11.8 Å². The summed E-state index contributed by atoms with van der Waals surface area (Å²) in [5, 5.41) is 5.56. The lowest BCUT2D eigenvalue weighted by Crippen LogP contribution is -2.13. The molecule has 1 heterocycles. The van der Waals surface area contributed by atoms with Gasteiger partial charge in [0.25, 0.3) is 5.91 Å². The molecular weight excluding hydrogens is 378 g/mol. The first kappa shape index (κ1) is 19.1. The molecule has 0 atom stereocenters. The van der Waals surface area contributed by atoms with Gasteiger partial charge in [0.05, 0.1) is 11.8 Å². The van der Waals surface area contributed by atoms with Gasteiger partial charge in [-0.25, -0.2) is 4.98 Å². The fourth-order valence-corrected chi connectivity index (χ4v) is 3.04. The molecule has 30 heavy (non-hydrogen) atoms. The van der Waals surface area contributed by atoms with Crippen molar-refractivity contribution in [1.29, 1.82) is 0 Å². The lowest BCUT2D eigenvalue weighted by atomic mass is 10.1. The Kier molecular flexibility index (Phi) is 5.39. The normalized spacial score (nSPS) is 10.4. The average Bonchev–Trinajstić information content (AvgIpc) is 3.25. The van der Waals surface area contributed by atoms with Gasteiger partial charge in [-0.3, -0.25) is 9.59 Å². The lowest BCUT2D eigenvalue weighted by molar-refractivity contribution is -0.114. The molecule has 0 aliphatic heterocycles. The van der Waals surface area contributed by atoms with Gasteiger partial charge in [0.15, 0.2) is 5.76 Å². The van der Waals surface area contributed by atoms with Gasteiger partial charge in [0.2, 0.25) is 11.8 Å². The van der Waals surface area contributed by atoms with E-state index in [0.717, 1.165) is 5.56 Å². The Hall–Kier alpha value is -4.19. The standard InChI is InChI=1S/C24H19N3O3/c1-16(28)26-18-11-13-19(14-12-18)27-23(29)20-9-5-6-10-21(20)24-25-15-22(30-24)17-7-3-2-4-8-17/h2-15H,1H3,(H,26,28)(H,27,29). The van der Waals surface area contributed by atoms with Crippen LogP contribution in [0, 0.1) is 0 Å². The SMILES string of the molecule is CC(=O)Nc1ccc(NC(=O)c2ccccc2-c2ncc(-c3ccccc3)o2)cc1. The van der Waals surface area contributed by atoms with Crippen molar-refractivity contribution < 1.29 is 14.0 Å². The molecule has 6 heteroatoms. The van der Waals surface area contributed by atoms with Crippen LogP contribution in [0.25, 0.3) is 22.8 Å². The topological polar surface area (TPSA) is 84.2 Å². The van der Waals surface area contributed by atoms with Crippen LogP contribution in [0.3, 0.4) is 0 Å². The number of rotatable bonds is 5. The number of aromatic nitrogens is 1. The van der Waals surface area contributed by atoms with Crippen LogP contribution in [0.1, 0.15) is 17.3 Å². The molecule has 2 N–H and O–H groups in total. The molecule has 4 aromatic rings. The highest BCUT2D eigenvalue weighted by Gasteiger charge is 2.17. The number of nitrogens with zero attached hydrogens (tertiary/aromatic N) is 1. The van der Waals surface area contributed by atoms with Crippen LogP contribution in [0.4, 0.5) is 11.4 Å². The summed E-state index contributed by atoms with van der Waals surface area (Å²) in [6.07, 6.45) is 1.65. The second-order valence-corrected chi connectivity index (χ2v) is 6.65. The molecule has 0 fully saturated rings. The van der Waals surface area contributed by atoms with Gasteiger partial charge in [-0.1, -0.05) is 42.5 Å². The Morgan fingerprint density at radius 3 is 2.13 bits per heavy atom. The van der Waals surface area contributed by atoms with Gasteiger partial charge in [-0.2, -0.15) is 0 Å². The number of hydrogen-bond acceptors (Lipinski definition) is 4. The van der Waals surface area contributed by atoms with Gasteiger partial charge in [0.1, 0.15) is 0 Å². The number of benzene rings is 3. The van der Waals surface area contributed by atoms with Crippen LogP contribution >= 0.6 is 0 Å². The molecule has 0 unspecified atom stereocenters. The van der Waals surface area contributed by atoms with Crippen LogP contribution < -0.4 is 10.6 Å². The number of nitrogens with one attached hydrogen (secondary N) is 2. The van der Waals surface area contributed by atoms with E-state index in [1.165, 1.54) is 6.92 Å². The summed E-state index contributed by atoms with van der Waals surface area (Å²) in [6, 6.07) is 23.7. The average molecular weight is 397 g/mol. The number of carbonyl (C=O) groups excluding carboxylic acids is 2. The molecule has 0 aliphatic rings. The first-order chi connectivity index (χ1) is 14.6. The summed E-state index contributed by atoms with van der Waals surface area (Å²) in [4.78, 5) is 28.4. The Labute approximate surface area is 173 Å². The van der Waals surface area contributed by atoms with Gasteiger partial charge in [-0.15, -0.1) is 0 Å². The zero-order chi connectivity index (χ0) is 20.9. The molecule has 0 saturated heterocycles. The second kappa shape index (κ2) is 8.45. The van der Waals surface area contributed by atoms with E-state index in [2.05, 4.69) is 15.6 Å². The third-order valence-electron chi connectivity index (χ3n) is 4.43. The molecular formula is C24H19N3O3. The van der Waals surface area contributed by atoms with Gasteiger partial charge >= 0.3 is 0 Å². The quantitative estimate of drug-likeness (QED) is 0.484. The summed E-state index contributed by atoms with van der Waals surface area (Å²) in [5.41, 5.74) is 3.24. The maximum atomic E-state index is 12.9. The van der Waals surface area contributed by atoms with Crippen LogP contribution in [0.5, 0.6) is 0 Å². The highest BCUT2D eigenvalue weighted by molar-refractivity contribution is 6.08. The maximum Gasteiger partial charge on any atom is 0.256 e. The summed E-state index contributed by atoms with van der Waals surface area (Å²) in [7, 11) is 0. The molecule has 148 valence electrons. The number of carbonyl (C=O) groups is 2. The fourth-order valence-electron chi connectivity index (χ4n) is 3.04. The fraction of sp³-hybridized carbons (Fsp3) is 0.0417. The van der Waals surface area contributed by atoms with E-state index in [4.69, 9.17) is 4.42 Å². The highest BCUT2D eigenvalue weighted by atomic mass is 16.4. The first-order valence-corrected chi connectivity index (χ1v) is 9.40. The van der Waals surface area contributed by atoms with E-state index in [9.17, 15) is 9.59 Å². The molecule has 3 aromatic carbocycles. The van der Waals surface area contributed by atoms with Crippen molar-refractivity contribution >= 4 is 23.2 Å². The zero-order valence-corrected chi connectivity index (χ0v) is 16.3. The smallest absolute Gasteiger partial charge is 0.256 e. The van der Waals surface area contributed by atoms with Crippen molar-refractivity contribution in [2.45, 2.75) is 6.92 Å². The van der Waals surface area contributed by atoms with E-state index in [1.54, 1.807) is 48.7 Å². The predicted octanol–water partition coefficient (Wildman–Crippen LogP) is 5.22. The monoisotopic (exact) mass is 397 g/mol. The van der Waals surface area contributed by atoms with Crippen molar-refractivity contribution in [3.05, 3.63) is 90.6 Å². The van der Waals surface area contributed by atoms with Gasteiger partial charge < -0.3 is 15.1 Å². The van der Waals surface area contributed by atoms with Crippen molar-refractivity contribution in [2.75, 3.05) is 10.6 Å². The number of anilines is 2. The second-order valence-electron chi connectivity index (χ2n) is 6.65. The lowest BCUT2D eigenvalue weighted by Gasteiger charge is -2.09. The van der Waals surface area contributed by atoms with E-state index < -0.39 is 0 Å². The van der Waals surface area contributed by atoms with Crippen LogP contribution in [-0.2, 0) is 4.79 Å². The molecule has 1 aromatic heterocycles. The van der Waals surface area contributed by atoms with E-state index in [0.29, 0.717) is 34.2 Å². The van der Waals surface area contributed by atoms with Gasteiger partial charge in [-0.05, 0) is 36.4 Å². The third kappa shape index (κ3) is 4.28. The largest absolute Gasteiger partial charge is 0.436 e. The first-order valence-electron chi connectivity index (χ1n) is 9.40. The van der Waals surface area contributed by atoms with E-state index >= 15 is 0 Å².